The van der Waals surface area contributed by atoms with Crippen LogP contribution in [0.5, 0.6) is 5.75 Å². The third kappa shape index (κ3) is 3.65. The standard InChI is InChI=1S/C20H19BrFNO3/c1-12(13-3-6-16(26-2)7-4-13)23-19(10-15(24)11-20(23)25)17-8-5-14(22)9-18(17)21/h3-9,12,19H,10-11H2,1-2H3/t12-,19+/m0/s1. The van der Waals surface area contributed by atoms with Crippen LogP contribution in [0.15, 0.2) is 46.9 Å². The SMILES string of the molecule is COc1ccc([C@H](C)N2C(=O)CC(=O)C[C@@H]2c2ccc(F)cc2Br)cc1. The van der Waals surface area contributed by atoms with Gasteiger partial charge in [0.15, 0.2) is 0 Å². The van der Waals surface area contributed by atoms with Crippen molar-refractivity contribution in [1.29, 1.82) is 0 Å². The molecule has 1 aliphatic rings. The van der Waals surface area contributed by atoms with Crippen LogP contribution in [-0.2, 0) is 9.59 Å². The van der Waals surface area contributed by atoms with E-state index in [1.54, 1.807) is 18.1 Å². The van der Waals surface area contributed by atoms with Gasteiger partial charge in [0.05, 0.1) is 25.6 Å². The molecule has 0 bridgehead atoms. The lowest BCUT2D eigenvalue weighted by atomic mass is 9.91. The average molecular weight is 420 g/mol. The van der Waals surface area contributed by atoms with Crippen molar-refractivity contribution >= 4 is 27.6 Å². The zero-order chi connectivity index (χ0) is 18.8. The Labute approximate surface area is 160 Å². The van der Waals surface area contributed by atoms with Gasteiger partial charge in [0.25, 0.3) is 0 Å². The Bertz CT molecular complexity index is 837. The molecule has 2 aromatic rings. The van der Waals surface area contributed by atoms with Crippen LogP contribution in [0.25, 0.3) is 0 Å². The first kappa shape index (κ1) is 18.6. The molecule has 3 rings (SSSR count). The summed E-state index contributed by atoms with van der Waals surface area (Å²) in [7, 11) is 1.60. The molecule has 26 heavy (non-hydrogen) atoms. The monoisotopic (exact) mass is 419 g/mol. The number of Topliss-reactive ketones (excluding diaryl/α,β-unsaturated/α-hetero) is 1. The van der Waals surface area contributed by atoms with Gasteiger partial charge >= 0.3 is 0 Å². The number of ether oxygens (including phenoxy) is 1. The number of likely N-dealkylation sites (tertiary alicyclic amines) is 1. The van der Waals surface area contributed by atoms with Crippen LogP contribution in [0.2, 0.25) is 0 Å². The summed E-state index contributed by atoms with van der Waals surface area (Å²) < 4.78 is 19.2. The van der Waals surface area contributed by atoms with Gasteiger partial charge in [-0.2, -0.15) is 0 Å². The summed E-state index contributed by atoms with van der Waals surface area (Å²) in [6, 6.07) is 11.2. The molecule has 0 saturated carbocycles. The number of piperidine rings is 1. The molecule has 136 valence electrons. The van der Waals surface area contributed by atoms with E-state index >= 15 is 0 Å². The van der Waals surface area contributed by atoms with Crippen molar-refractivity contribution in [2.45, 2.75) is 31.8 Å². The Kier molecular flexibility index (Phi) is 5.41. The van der Waals surface area contributed by atoms with E-state index in [0.717, 1.165) is 16.9 Å². The van der Waals surface area contributed by atoms with E-state index in [2.05, 4.69) is 15.9 Å². The van der Waals surface area contributed by atoms with E-state index in [-0.39, 0.29) is 36.4 Å². The van der Waals surface area contributed by atoms with Gasteiger partial charge in [-0.15, -0.1) is 0 Å². The first-order chi connectivity index (χ1) is 12.4. The molecule has 0 spiro atoms. The van der Waals surface area contributed by atoms with Crippen molar-refractivity contribution in [2.75, 3.05) is 7.11 Å². The molecule has 0 N–H and O–H groups in total. The number of carbonyl (C=O) groups excluding carboxylic acids is 2. The van der Waals surface area contributed by atoms with Crippen LogP contribution in [0.1, 0.15) is 43.0 Å². The van der Waals surface area contributed by atoms with Gasteiger partial charge in [-0.3, -0.25) is 9.59 Å². The second-order valence-electron chi connectivity index (χ2n) is 6.35. The first-order valence-corrected chi connectivity index (χ1v) is 9.11. The number of amides is 1. The van der Waals surface area contributed by atoms with Crippen molar-refractivity contribution < 1.29 is 18.7 Å². The molecular weight excluding hydrogens is 401 g/mol. The highest BCUT2D eigenvalue weighted by atomic mass is 79.9. The number of hydrogen-bond acceptors (Lipinski definition) is 3. The molecule has 1 heterocycles. The predicted octanol–water partition coefficient (Wildman–Crippen LogP) is 4.59. The zero-order valence-electron chi connectivity index (χ0n) is 14.5. The summed E-state index contributed by atoms with van der Waals surface area (Å²) in [6.07, 6.45) is 0.117. The van der Waals surface area contributed by atoms with Crippen molar-refractivity contribution in [3.8, 4) is 5.75 Å². The molecule has 2 aromatic carbocycles. The Hall–Kier alpha value is -2.21. The molecule has 1 saturated heterocycles. The average Bonchev–Trinajstić information content (AvgIpc) is 2.60. The summed E-state index contributed by atoms with van der Waals surface area (Å²) in [6.45, 7) is 1.93. The molecule has 0 unspecified atom stereocenters. The fraction of sp³-hybridized carbons (Fsp3) is 0.300. The zero-order valence-corrected chi connectivity index (χ0v) is 16.1. The van der Waals surface area contributed by atoms with Crippen molar-refractivity contribution in [3.05, 3.63) is 63.9 Å². The Balaban J connectivity index is 1.99. The highest BCUT2D eigenvalue weighted by Gasteiger charge is 2.37. The predicted molar refractivity (Wildman–Crippen MR) is 99.3 cm³/mol. The maximum Gasteiger partial charge on any atom is 0.231 e. The van der Waals surface area contributed by atoms with Crippen LogP contribution in [0.3, 0.4) is 0 Å². The lowest BCUT2D eigenvalue weighted by Crippen LogP contribution is -2.43. The number of methoxy groups -OCH3 is 1. The third-order valence-electron chi connectivity index (χ3n) is 4.73. The smallest absolute Gasteiger partial charge is 0.231 e. The Morgan fingerprint density at radius 2 is 1.88 bits per heavy atom. The van der Waals surface area contributed by atoms with E-state index in [0.29, 0.717) is 4.47 Å². The minimum Gasteiger partial charge on any atom is -0.497 e. The summed E-state index contributed by atoms with van der Waals surface area (Å²) in [4.78, 5) is 26.5. The molecule has 0 aromatic heterocycles. The van der Waals surface area contributed by atoms with Crippen LogP contribution >= 0.6 is 15.9 Å². The van der Waals surface area contributed by atoms with E-state index in [4.69, 9.17) is 4.74 Å². The van der Waals surface area contributed by atoms with Gasteiger partial charge < -0.3 is 9.64 Å². The second-order valence-corrected chi connectivity index (χ2v) is 7.21. The number of hydrogen-bond donors (Lipinski definition) is 0. The van der Waals surface area contributed by atoms with E-state index in [1.807, 2.05) is 31.2 Å². The van der Waals surface area contributed by atoms with Crippen molar-refractivity contribution in [1.82, 2.24) is 4.90 Å². The summed E-state index contributed by atoms with van der Waals surface area (Å²) >= 11 is 3.37. The number of carbonyl (C=O) groups is 2. The number of rotatable bonds is 4. The number of benzene rings is 2. The Morgan fingerprint density at radius 1 is 1.19 bits per heavy atom. The first-order valence-electron chi connectivity index (χ1n) is 8.32. The number of nitrogens with zero attached hydrogens (tertiary/aromatic N) is 1. The number of ketones is 1. The maximum absolute atomic E-state index is 13.5. The van der Waals surface area contributed by atoms with Gasteiger partial charge in [-0.05, 0) is 42.3 Å². The highest BCUT2D eigenvalue weighted by Crippen LogP contribution is 2.40. The molecule has 6 heteroatoms. The molecule has 1 amide bonds. The molecule has 4 nitrogen and oxygen atoms in total. The summed E-state index contributed by atoms with van der Waals surface area (Å²) in [5.41, 5.74) is 1.67. The Morgan fingerprint density at radius 3 is 2.50 bits per heavy atom. The van der Waals surface area contributed by atoms with Crippen LogP contribution in [0.4, 0.5) is 4.39 Å². The van der Waals surface area contributed by atoms with Gasteiger partial charge in [0.1, 0.15) is 17.3 Å². The second kappa shape index (κ2) is 7.58. The lowest BCUT2D eigenvalue weighted by Gasteiger charge is -2.40. The van der Waals surface area contributed by atoms with Crippen LogP contribution in [-0.4, -0.2) is 23.7 Å². The van der Waals surface area contributed by atoms with E-state index in [9.17, 15) is 14.0 Å². The normalized spacial score (nSPS) is 18.8. The highest BCUT2D eigenvalue weighted by molar-refractivity contribution is 9.10. The van der Waals surface area contributed by atoms with Gasteiger partial charge in [-0.1, -0.05) is 34.1 Å². The fourth-order valence-corrected chi connectivity index (χ4v) is 4.00. The van der Waals surface area contributed by atoms with Crippen molar-refractivity contribution in [2.24, 2.45) is 0 Å². The minimum atomic E-state index is -0.434. The molecule has 0 radical (unpaired) electrons. The molecular formula is C20H19BrFNO3. The minimum absolute atomic E-state index is 0.101. The summed E-state index contributed by atoms with van der Waals surface area (Å²) in [5.74, 6) is 0.0444. The largest absolute Gasteiger partial charge is 0.497 e. The molecule has 0 aliphatic carbocycles. The van der Waals surface area contributed by atoms with Gasteiger partial charge in [-0.25, -0.2) is 4.39 Å². The quantitative estimate of drug-likeness (QED) is 0.680. The maximum atomic E-state index is 13.5. The molecule has 1 fully saturated rings. The molecule has 1 aliphatic heterocycles. The topological polar surface area (TPSA) is 46.6 Å². The van der Waals surface area contributed by atoms with E-state index in [1.165, 1.54) is 12.1 Å². The van der Waals surface area contributed by atoms with E-state index < -0.39 is 6.04 Å². The fourth-order valence-electron chi connectivity index (χ4n) is 3.38. The lowest BCUT2D eigenvalue weighted by molar-refractivity contribution is -0.145. The van der Waals surface area contributed by atoms with Gasteiger partial charge in [0, 0.05) is 10.9 Å². The summed E-state index contributed by atoms with van der Waals surface area (Å²) in [5, 5.41) is 0. The third-order valence-corrected chi connectivity index (χ3v) is 5.42. The van der Waals surface area contributed by atoms with Crippen molar-refractivity contribution in [3.63, 3.8) is 0 Å². The number of halogens is 2. The molecule has 2 atom stereocenters. The van der Waals surface area contributed by atoms with Crippen LogP contribution in [0, 0.1) is 5.82 Å². The van der Waals surface area contributed by atoms with Gasteiger partial charge in [0.2, 0.25) is 5.91 Å². The van der Waals surface area contributed by atoms with Crippen LogP contribution < -0.4 is 4.74 Å².